The van der Waals surface area contributed by atoms with Gasteiger partial charge in [-0.15, -0.1) is 0 Å². The molecule has 74 valence electrons. The minimum absolute atomic E-state index is 0.0608. The van der Waals surface area contributed by atoms with Gasteiger partial charge in [0.25, 0.3) is 0 Å². The Morgan fingerprint density at radius 2 is 2.23 bits per heavy atom. The van der Waals surface area contributed by atoms with Crippen LogP contribution in [0.3, 0.4) is 0 Å². The van der Waals surface area contributed by atoms with Crippen molar-refractivity contribution in [1.29, 1.82) is 0 Å². The number of amides is 1. The molecule has 0 fully saturated rings. The van der Waals surface area contributed by atoms with Crippen LogP contribution in [0, 0.1) is 5.92 Å². The zero-order valence-electron chi connectivity index (χ0n) is 8.66. The molecule has 13 heavy (non-hydrogen) atoms. The maximum Gasteiger partial charge on any atom is 0.239 e. The normalized spacial score (nSPS) is 26.8. The molecule has 0 radical (unpaired) electrons. The summed E-state index contributed by atoms with van der Waals surface area (Å²) >= 11 is 0. The van der Waals surface area contributed by atoms with Crippen LogP contribution in [0.5, 0.6) is 0 Å². The maximum atomic E-state index is 11.2. The average molecular weight is 182 g/mol. The van der Waals surface area contributed by atoms with Gasteiger partial charge in [0.1, 0.15) is 0 Å². The van der Waals surface area contributed by atoms with Crippen molar-refractivity contribution >= 4 is 12.1 Å². The lowest BCUT2D eigenvalue weighted by Crippen LogP contribution is -2.35. The summed E-state index contributed by atoms with van der Waals surface area (Å²) in [6, 6.07) is 0.312. The van der Waals surface area contributed by atoms with E-state index in [1.165, 1.54) is 0 Å². The van der Waals surface area contributed by atoms with Crippen molar-refractivity contribution in [2.45, 2.75) is 46.1 Å². The molecular weight excluding hydrogens is 164 g/mol. The predicted octanol–water partition coefficient (Wildman–Crippen LogP) is 2.03. The van der Waals surface area contributed by atoms with Crippen molar-refractivity contribution in [1.82, 2.24) is 5.01 Å². The fourth-order valence-corrected chi connectivity index (χ4v) is 1.85. The Morgan fingerprint density at radius 3 is 2.69 bits per heavy atom. The van der Waals surface area contributed by atoms with E-state index in [9.17, 15) is 4.79 Å². The minimum atomic E-state index is 0.0608. The lowest BCUT2D eigenvalue weighted by atomic mass is 9.95. The first-order chi connectivity index (χ1) is 6.20. The number of hydrazone groups is 1. The highest BCUT2D eigenvalue weighted by atomic mass is 16.2. The predicted molar refractivity (Wildman–Crippen MR) is 53.5 cm³/mol. The van der Waals surface area contributed by atoms with Gasteiger partial charge in [0.05, 0.1) is 6.04 Å². The van der Waals surface area contributed by atoms with Crippen molar-refractivity contribution in [2.75, 3.05) is 0 Å². The summed E-state index contributed by atoms with van der Waals surface area (Å²) in [5.74, 6) is 0.523. The van der Waals surface area contributed by atoms with Crippen molar-refractivity contribution in [3.63, 3.8) is 0 Å². The lowest BCUT2D eigenvalue weighted by molar-refractivity contribution is -0.131. The molecule has 0 aromatic rings. The second-order valence-electron chi connectivity index (χ2n) is 3.56. The van der Waals surface area contributed by atoms with E-state index in [1.54, 1.807) is 11.9 Å². The molecule has 3 nitrogen and oxygen atoms in total. The van der Waals surface area contributed by atoms with Gasteiger partial charge in [0, 0.05) is 19.1 Å². The summed E-state index contributed by atoms with van der Waals surface area (Å²) in [7, 11) is 0. The van der Waals surface area contributed by atoms with E-state index in [4.69, 9.17) is 0 Å². The molecular formula is C10H18N2O. The first-order valence-electron chi connectivity index (χ1n) is 5.04. The van der Waals surface area contributed by atoms with E-state index >= 15 is 0 Å². The van der Waals surface area contributed by atoms with Crippen molar-refractivity contribution in [3.8, 4) is 0 Å². The number of rotatable bonds is 3. The van der Waals surface area contributed by atoms with Crippen LogP contribution < -0.4 is 0 Å². The Labute approximate surface area is 79.8 Å². The lowest BCUT2D eigenvalue weighted by Gasteiger charge is -2.24. The van der Waals surface area contributed by atoms with Gasteiger partial charge in [-0.3, -0.25) is 4.79 Å². The molecule has 0 spiro atoms. The molecule has 0 aliphatic carbocycles. The van der Waals surface area contributed by atoms with Gasteiger partial charge >= 0.3 is 0 Å². The summed E-state index contributed by atoms with van der Waals surface area (Å²) in [6.07, 6.45) is 5.14. The number of nitrogens with zero attached hydrogens (tertiary/aromatic N) is 2. The summed E-state index contributed by atoms with van der Waals surface area (Å²) in [5.41, 5.74) is 0. The van der Waals surface area contributed by atoms with Crippen molar-refractivity contribution < 1.29 is 4.79 Å². The Hall–Kier alpha value is -0.860. The van der Waals surface area contributed by atoms with Gasteiger partial charge in [-0.25, -0.2) is 5.01 Å². The van der Waals surface area contributed by atoms with Crippen LogP contribution in [0.25, 0.3) is 0 Å². The van der Waals surface area contributed by atoms with Gasteiger partial charge in [0.15, 0.2) is 0 Å². The SMILES string of the molecule is CCC[C@H]1[C@@H](CC)C=NN1C(C)=O. The average Bonchev–Trinajstić information content (AvgIpc) is 2.48. The molecule has 0 bridgehead atoms. The second kappa shape index (κ2) is 4.40. The zero-order chi connectivity index (χ0) is 9.84. The van der Waals surface area contributed by atoms with Crippen molar-refractivity contribution in [2.24, 2.45) is 11.0 Å². The first kappa shape index (κ1) is 10.2. The third kappa shape index (κ3) is 2.08. The van der Waals surface area contributed by atoms with E-state index < -0.39 is 0 Å². The number of hydrogen-bond acceptors (Lipinski definition) is 2. The van der Waals surface area contributed by atoms with Gasteiger partial charge in [-0.05, 0) is 12.8 Å². The van der Waals surface area contributed by atoms with Crippen molar-refractivity contribution in [3.05, 3.63) is 0 Å². The highest BCUT2D eigenvalue weighted by Gasteiger charge is 2.30. The minimum Gasteiger partial charge on any atom is -0.273 e. The van der Waals surface area contributed by atoms with E-state index in [1.807, 2.05) is 6.21 Å². The van der Waals surface area contributed by atoms with E-state index in [0.29, 0.717) is 12.0 Å². The van der Waals surface area contributed by atoms with Crippen LogP contribution in [0.15, 0.2) is 5.10 Å². The summed E-state index contributed by atoms with van der Waals surface area (Å²) in [4.78, 5) is 11.2. The van der Waals surface area contributed by atoms with Gasteiger partial charge < -0.3 is 0 Å². The van der Waals surface area contributed by atoms with Gasteiger partial charge in [-0.1, -0.05) is 20.3 Å². The standard InChI is InChI=1S/C10H18N2O/c1-4-6-10-9(5-2)7-11-12(10)8(3)13/h7,9-10H,4-6H2,1-3H3/t9-,10-/m0/s1. The molecule has 1 heterocycles. The van der Waals surface area contributed by atoms with E-state index in [-0.39, 0.29) is 5.91 Å². The molecule has 0 unspecified atom stereocenters. The quantitative estimate of drug-likeness (QED) is 0.657. The molecule has 1 rings (SSSR count). The van der Waals surface area contributed by atoms with Crippen LogP contribution in [-0.2, 0) is 4.79 Å². The first-order valence-corrected chi connectivity index (χ1v) is 5.04. The van der Waals surface area contributed by atoms with E-state index in [2.05, 4.69) is 18.9 Å². The van der Waals surface area contributed by atoms with Crippen LogP contribution in [0.1, 0.15) is 40.0 Å². The molecule has 0 saturated carbocycles. The monoisotopic (exact) mass is 182 g/mol. The number of carbonyl (C=O) groups is 1. The molecule has 2 atom stereocenters. The maximum absolute atomic E-state index is 11.2. The molecule has 0 aromatic carbocycles. The molecule has 1 aliphatic rings. The topological polar surface area (TPSA) is 32.7 Å². The third-order valence-electron chi connectivity index (χ3n) is 2.57. The highest BCUT2D eigenvalue weighted by molar-refractivity contribution is 5.78. The molecule has 1 amide bonds. The number of hydrogen-bond donors (Lipinski definition) is 0. The molecule has 0 saturated heterocycles. The zero-order valence-corrected chi connectivity index (χ0v) is 8.66. The third-order valence-corrected chi connectivity index (χ3v) is 2.57. The Kier molecular flexibility index (Phi) is 3.46. The molecule has 0 aromatic heterocycles. The number of carbonyl (C=O) groups excluding carboxylic acids is 1. The van der Waals surface area contributed by atoms with Gasteiger partial charge in [-0.2, -0.15) is 5.10 Å². The molecule has 0 N–H and O–H groups in total. The van der Waals surface area contributed by atoms with Crippen LogP contribution >= 0.6 is 0 Å². The summed E-state index contributed by atoms with van der Waals surface area (Å²) in [5, 5.41) is 5.78. The Morgan fingerprint density at radius 1 is 1.54 bits per heavy atom. The Balaban J connectivity index is 2.66. The summed E-state index contributed by atoms with van der Waals surface area (Å²) in [6.45, 7) is 5.87. The Bertz CT molecular complexity index is 213. The van der Waals surface area contributed by atoms with Gasteiger partial charge in [0.2, 0.25) is 5.91 Å². The largest absolute Gasteiger partial charge is 0.273 e. The van der Waals surface area contributed by atoms with Crippen LogP contribution in [0.4, 0.5) is 0 Å². The van der Waals surface area contributed by atoms with E-state index in [0.717, 1.165) is 19.3 Å². The highest BCUT2D eigenvalue weighted by Crippen LogP contribution is 2.24. The fourth-order valence-electron chi connectivity index (χ4n) is 1.85. The van der Waals surface area contributed by atoms with Crippen LogP contribution in [-0.4, -0.2) is 23.2 Å². The summed E-state index contributed by atoms with van der Waals surface area (Å²) < 4.78 is 0. The smallest absolute Gasteiger partial charge is 0.239 e. The van der Waals surface area contributed by atoms with Crippen LogP contribution in [0.2, 0.25) is 0 Å². The molecule has 1 aliphatic heterocycles. The second-order valence-corrected chi connectivity index (χ2v) is 3.56. The molecule has 3 heteroatoms. The fraction of sp³-hybridized carbons (Fsp3) is 0.800.